The van der Waals surface area contributed by atoms with E-state index >= 15 is 0 Å². The van der Waals surface area contributed by atoms with Gasteiger partial charge < -0.3 is 10.4 Å². The van der Waals surface area contributed by atoms with Crippen molar-refractivity contribution in [2.45, 2.75) is 40.2 Å². The third-order valence-corrected chi connectivity index (χ3v) is 4.48. The van der Waals surface area contributed by atoms with Crippen molar-refractivity contribution in [2.75, 3.05) is 5.32 Å². The number of pyridine rings is 1. The largest absolute Gasteiger partial charge is 0.506 e. The summed E-state index contributed by atoms with van der Waals surface area (Å²) in [4.78, 5) is 4.71. The molecule has 2 aromatic carbocycles. The second kappa shape index (κ2) is 6.52. The minimum atomic E-state index is 0.106. The molecule has 0 saturated carbocycles. The molecule has 3 nitrogen and oxygen atoms in total. The fourth-order valence-corrected chi connectivity index (χ4v) is 3.31. The average molecular weight is 320 g/mol. The third kappa shape index (κ3) is 3.07. The number of aromatic nitrogens is 1. The molecule has 1 unspecified atom stereocenters. The molecule has 0 spiro atoms. The molecule has 3 rings (SSSR count). The molecule has 0 aliphatic carbocycles. The summed E-state index contributed by atoms with van der Waals surface area (Å²) in [6.07, 6.45) is 0.916. The number of phenols is 1. The molecule has 24 heavy (non-hydrogen) atoms. The number of para-hydroxylation sites is 1. The van der Waals surface area contributed by atoms with Gasteiger partial charge in [0.1, 0.15) is 11.3 Å². The van der Waals surface area contributed by atoms with E-state index in [-0.39, 0.29) is 11.8 Å². The monoisotopic (exact) mass is 320 g/mol. The Morgan fingerprint density at radius 3 is 2.42 bits per heavy atom. The van der Waals surface area contributed by atoms with Gasteiger partial charge in [-0.25, -0.2) is 4.98 Å². The van der Waals surface area contributed by atoms with Crippen LogP contribution in [0.1, 0.15) is 41.8 Å². The maximum atomic E-state index is 10.1. The number of phenolic OH excluding ortho intramolecular Hbond substituents is 1. The lowest BCUT2D eigenvalue weighted by Crippen LogP contribution is -2.13. The van der Waals surface area contributed by atoms with E-state index in [1.54, 1.807) is 6.07 Å². The molecule has 0 fully saturated rings. The zero-order valence-electron chi connectivity index (χ0n) is 14.7. The van der Waals surface area contributed by atoms with Crippen LogP contribution in [-0.2, 0) is 0 Å². The molecule has 3 aromatic rings. The number of hydrogen-bond donors (Lipinski definition) is 2. The predicted molar refractivity (Wildman–Crippen MR) is 101 cm³/mol. The molecular weight excluding hydrogens is 296 g/mol. The van der Waals surface area contributed by atoms with Gasteiger partial charge in [0.25, 0.3) is 0 Å². The van der Waals surface area contributed by atoms with Crippen molar-refractivity contribution in [3.63, 3.8) is 0 Å². The smallest absolute Gasteiger partial charge is 0.141 e. The molecule has 0 radical (unpaired) electrons. The SMILES string of the molecule is CCC(Nc1c(C)cc(C)cc1C)c1ccc2cccc(O)c2n1. The summed E-state index contributed by atoms with van der Waals surface area (Å²) in [7, 11) is 0. The van der Waals surface area contributed by atoms with Crippen molar-refractivity contribution >= 4 is 16.6 Å². The van der Waals surface area contributed by atoms with Crippen LogP contribution in [0.25, 0.3) is 10.9 Å². The van der Waals surface area contributed by atoms with E-state index in [4.69, 9.17) is 4.98 Å². The van der Waals surface area contributed by atoms with Crippen LogP contribution in [0.2, 0.25) is 0 Å². The van der Waals surface area contributed by atoms with Crippen molar-refractivity contribution < 1.29 is 5.11 Å². The number of hydrogen-bond acceptors (Lipinski definition) is 3. The topological polar surface area (TPSA) is 45.1 Å². The lowest BCUT2D eigenvalue weighted by atomic mass is 10.0. The summed E-state index contributed by atoms with van der Waals surface area (Å²) >= 11 is 0. The zero-order valence-corrected chi connectivity index (χ0v) is 14.7. The van der Waals surface area contributed by atoms with Gasteiger partial charge in [0, 0.05) is 11.1 Å². The van der Waals surface area contributed by atoms with Gasteiger partial charge in [0.05, 0.1) is 11.7 Å². The number of benzene rings is 2. The third-order valence-electron chi connectivity index (χ3n) is 4.48. The second-order valence-corrected chi connectivity index (χ2v) is 6.46. The normalized spacial score (nSPS) is 12.3. The number of aryl methyl sites for hydroxylation is 3. The van der Waals surface area contributed by atoms with Crippen LogP contribution in [-0.4, -0.2) is 10.1 Å². The Bertz CT molecular complexity index is 863. The average Bonchev–Trinajstić information content (AvgIpc) is 2.54. The van der Waals surface area contributed by atoms with Crippen LogP contribution >= 0.6 is 0 Å². The summed E-state index contributed by atoms with van der Waals surface area (Å²) in [5.74, 6) is 0.229. The van der Waals surface area contributed by atoms with Crippen molar-refractivity contribution in [3.05, 3.63) is 64.8 Å². The fourth-order valence-electron chi connectivity index (χ4n) is 3.31. The van der Waals surface area contributed by atoms with E-state index in [0.29, 0.717) is 5.52 Å². The van der Waals surface area contributed by atoms with Crippen molar-refractivity contribution in [2.24, 2.45) is 0 Å². The van der Waals surface area contributed by atoms with Crippen LogP contribution in [0.4, 0.5) is 5.69 Å². The van der Waals surface area contributed by atoms with Gasteiger partial charge in [-0.3, -0.25) is 0 Å². The highest BCUT2D eigenvalue weighted by atomic mass is 16.3. The highest BCUT2D eigenvalue weighted by Crippen LogP contribution is 2.30. The quantitative estimate of drug-likeness (QED) is 0.674. The number of fused-ring (bicyclic) bond motifs is 1. The van der Waals surface area contributed by atoms with Crippen LogP contribution in [0.15, 0.2) is 42.5 Å². The Morgan fingerprint density at radius 2 is 1.75 bits per heavy atom. The second-order valence-electron chi connectivity index (χ2n) is 6.46. The number of nitrogens with one attached hydrogen (secondary N) is 1. The van der Waals surface area contributed by atoms with Gasteiger partial charge in [-0.2, -0.15) is 0 Å². The molecule has 124 valence electrons. The van der Waals surface area contributed by atoms with Crippen LogP contribution in [0, 0.1) is 20.8 Å². The summed E-state index contributed by atoms with van der Waals surface area (Å²) in [5, 5.41) is 14.7. The number of anilines is 1. The Balaban J connectivity index is 1.99. The highest BCUT2D eigenvalue weighted by Gasteiger charge is 2.15. The van der Waals surface area contributed by atoms with E-state index in [9.17, 15) is 5.11 Å². The lowest BCUT2D eigenvalue weighted by Gasteiger charge is -2.22. The molecule has 0 saturated heterocycles. The van der Waals surface area contributed by atoms with Crippen molar-refractivity contribution in [1.82, 2.24) is 4.98 Å². The van der Waals surface area contributed by atoms with Gasteiger partial charge in [-0.15, -0.1) is 0 Å². The van der Waals surface area contributed by atoms with E-state index in [2.05, 4.69) is 45.1 Å². The number of rotatable bonds is 4. The first-order valence-electron chi connectivity index (χ1n) is 8.42. The van der Waals surface area contributed by atoms with E-state index < -0.39 is 0 Å². The van der Waals surface area contributed by atoms with Crippen LogP contribution < -0.4 is 5.32 Å². The minimum absolute atomic E-state index is 0.106. The van der Waals surface area contributed by atoms with Crippen LogP contribution in [0.3, 0.4) is 0 Å². The summed E-state index contributed by atoms with van der Waals surface area (Å²) in [6, 6.07) is 14.1. The van der Waals surface area contributed by atoms with Gasteiger partial charge in [-0.05, 0) is 50.5 Å². The van der Waals surface area contributed by atoms with Crippen molar-refractivity contribution in [3.8, 4) is 5.75 Å². The zero-order chi connectivity index (χ0) is 17.3. The molecule has 0 aliphatic rings. The first-order valence-corrected chi connectivity index (χ1v) is 8.42. The number of aromatic hydroxyl groups is 1. The standard InChI is InChI=1S/C21H24N2O/c1-5-17(22-20-14(3)11-13(2)12-15(20)4)18-10-9-16-7-6-8-19(24)21(16)23-18/h6-12,17,22,24H,5H2,1-4H3. The predicted octanol–water partition coefficient (Wildman–Crippen LogP) is 5.43. The lowest BCUT2D eigenvalue weighted by molar-refractivity contribution is 0.480. The Morgan fingerprint density at radius 1 is 1.04 bits per heavy atom. The van der Waals surface area contributed by atoms with E-state index in [0.717, 1.165) is 17.5 Å². The highest BCUT2D eigenvalue weighted by molar-refractivity contribution is 5.84. The molecule has 0 bridgehead atoms. The van der Waals surface area contributed by atoms with E-state index in [1.165, 1.54) is 22.4 Å². The molecule has 1 aromatic heterocycles. The molecule has 2 N–H and O–H groups in total. The Hall–Kier alpha value is -2.55. The van der Waals surface area contributed by atoms with E-state index in [1.807, 2.05) is 24.3 Å². The maximum absolute atomic E-state index is 10.1. The first-order chi connectivity index (χ1) is 11.5. The van der Waals surface area contributed by atoms with Crippen LogP contribution in [0.5, 0.6) is 5.75 Å². The molecule has 1 atom stereocenters. The molecular formula is C21H24N2O. The summed E-state index contributed by atoms with van der Waals surface area (Å²) < 4.78 is 0. The molecule has 3 heteroatoms. The fraction of sp³-hybridized carbons (Fsp3) is 0.286. The molecule has 0 amide bonds. The minimum Gasteiger partial charge on any atom is -0.506 e. The van der Waals surface area contributed by atoms with Gasteiger partial charge >= 0.3 is 0 Å². The van der Waals surface area contributed by atoms with Crippen molar-refractivity contribution in [1.29, 1.82) is 0 Å². The molecule has 0 aliphatic heterocycles. The Kier molecular flexibility index (Phi) is 4.43. The summed E-state index contributed by atoms with van der Waals surface area (Å²) in [5.41, 5.74) is 6.55. The molecule has 1 heterocycles. The summed E-state index contributed by atoms with van der Waals surface area (Å²) in [6.45, 7) is 8.53. The maximum Gasteiger partial charge on any atom is 0.141 e. The van der Waals surface area contributed by atoms with Gasteiger partial charge in [0.2, 0.25) is 0 Å². The first kappa shape index (κ1) is 16.3. The van der Waals surface area contributed by atoms with Gasteiger partial charge in [0.15, 0.2) is 0 Å². The Labute approximate surface area is 143 Å². The van der Waals surface area contributed by atoms with Gasteiger partial charge in [-0.1, -0.05) is 42.8 Å². The number of nitrogens with zero attached hydrogens (tertiary/aromatic N) is 1.